The van der Waals surface area contributed by atoms with E-state index in [1.807, 2.05) is 25.1 Å². The molecule has 0 aliphatic heterocycles. The molecule has 0 aliphatic carbocycles. The summed E-state index contributed by atoms with van der Waals surface area (Å²) in [5.74, 6) is -0.687. The van der Waals surface area contributed by atoms with Crippen LogP contribution in [0.1, 0.15) is 30.8 Å². The quantitative estimate of drug-likeness (QED) is 0.441. The normalized spacial score (nSPS) is 11.5. The second-order valence-electron chi connectivity index (χ2n) is 6.95. The number of anilines is 1. The predicted molar refractivity (Wildman–Crippen MR) is 116 cm³/mol. The topological polar surface area (TPSA) is 110 Å². The lowest BCUT2D eigenvalue weighted by atomic mass is 10.2. The lowest BCUT2D eigenvalue weighted by Crippen LogP contribution is -2.46. The summed E-state index contributed by atoms with van der Waals surface area (Å²) in [6, 6.07) is 15.8. The minimum absolute atomic E-state index is 0.0697. The molecule has 0 saturated carbocycles. The van der Waals surface area contributed by atoms with Gasteiger partial charge in [-0.3, -0.25) is 19.7 Å². The van der Waals surface area contributed by atoms with E-state index in [0.29, 0.717) is 24.3 Å². The van der Waals surface area contributed by atoms with Crippen LogP contribution in [0.2, 0.25) is 0 Å². The first-order valence-corrected chi connectivity index (χ1v) is 9.88. The summed E-state index contributed by atoms with van der Waals surface area (Å²) in [6.45, 7) is 3.97. The first-order valence-electron chi connectivity index (χ1n) is 9.88. The molecule has 9 nitrogen and oxygen atoms in total. The summed E-state index contributed by atoms with van der Waals surface area (Å²) < 4.78 is 1.40. The zero-order chi connectivity index (χ0) is 22.4. The largest absolute Gasteiger partial charge is 0.326 e. The summed E-state index contributed by atoms with van der Waals surface area (Å²) >= 11 is 0. The highest BCUT2D eigenvalue weighted by Gasteiger charge is 2.27. The summed E-state index contributed by atoms with van der Waals surface area (Å²) in [5, 5.41) is 18.1. The van der Waals surface area contributed by atoms with Crippen molar-refractivity contribution in [2.45, 2.75) is 26.3 Å². The Balaban J connectivity index is 1.79. The van der Waals surface area contributed by atoms with Gasteiger partial charge in [0.05, 0.1) is 10.6 Å². The Bertz CT molecular complexity index is 1080. The molecule has 2 aromatic carbocycles. The summed E-state index contributed by atoms with van der Waals surface area (Å²) in [5.41, 5.74) is 1.20. The number of para-hydroxylation sites is 1. The fourth-order valence-electron chi connectivity index (χ4n) is 3.10. The van der Waals surface area contributed by atoms with Crippen LogP contribution in [-0.4, -0.2) is 44.0 Å². The van der Waals surface area contributed by atoms with E-state index in [1.165, 1.54) is 27.8 Å². The van der Waals surface area contributed by atoms with Crippen molar-refractivity contribution >= 4 is 23.2 Å². The Hall–Kier alpha value is -4.01. The molecule has 9 heteroatoms. The molecule has 0 fully saturated rings. The summed E-state index contributed by atoms with van der Waals surface area (Å²) in [6.07, 6.45) is 2.23. The number of nitrogens with zero attached hydrogens (tertiary/aromatic N) is 4. The molecule has 1 atom stereocenters. The molecular formula is C22H23N5O4. The first-order chi connectivity index (χ1) is 14.9. The average Bonchev–Trinajstić information content (AvgIpc) is 3.28. The van der Waals surface area contributed by atoms with Gasteiger partial charge in [0.25, 0.3) is 11.6 Å². The number of benzene rings is 2. The second kappa shape index (κ2) is 9.66. The Morgan fingerprint density at radius 2 is 1.90 bits per heavy atom. The molecule has 0 saturated heterocycles. The molecule has 0 spiro atoms. The highest BCUT2D eigenvalue weighted by molar-refractivity contribution is 6.00. The number of hydrogen-bond donors (Lipinski definition) is 1. The van der Waals surface area contributed by atoms with Crippen LogP contribution in [0.15, 0.2) is 66.9 Å². The molecule has 1 aromatic heterocycles. The molecule has 3 rings (SSSR count). The van der Waals surface area contributed by atoms with Crippen LogP contribution < -0.4 is 5.32 Å². The first kappa shape index (κ1) is 21.7. The van der Waals surface area contributed by atoms with Gasteiger partial charge in [-0.2, -0.15) is 5.10 Å². The van der Waals surface area contributed by atoms with Crippen LogP contribution in [0.3, 0.4) is 0 Å². The summed E-state index contributed by atoms with van der Waals surface area (Å²) in [7, 11) is 0. The highest BCUT2D eigenvalue weighted by Crippen LogP contribution is 2.17. The number of aromatic nitrogens is 2. The standard InChI is InChI=1S/C22H23N5O4/c1-3-13-25(16(2)21(28)23-17-8-5-4-6-9-17)22(29)20-12-14-26(24-20)18-10-7-11-19(15-18)27(30)31/h4-12,14-16H,3,13H2,1-2H3,(H,23,28). The fourth-order valence-corrected chi connectivity index (χ4v) is 3.10. The fraction of sp³-hybridized carbons (Fsp3) is 0.227. The Morgan fingerprint density at radius 3 is 2.58 bits per heavy atom. The maximum absolute atomic E-state index is 13.1. The van der Waals surface area contributed by atoms with Gasteiger partial charge in [0.2, 0.25) is 5.91 Å². The van der Waals surface area contributed by atoms with Crippen molar-refractivity contribution in [3.8, 4) is 5.69 Å². The van der Waals surface area contributed by atoms with Gasteiger partial charge in [-0.05, 0) is 37.6 Å². The van der Waals surface area contributed by atoms with E-state index in [9.17, 15) is 19.7 Å². The van der Waals surface area contributed by atoms with Crippen LogP contribution in [0.4, 0.5) is 11.4 Å². The monoisotopic (exact) mass is 421 g/mol. The smallest absolute Gasteiger partial charge is 0.275 e. The van der Waals surface area contributed by atoms with Gasteiger partial charge in [-0.15, -0.1) is 0 Å². The Kier molecular flexibility index (Phi) is 6.76. The number of nitrogens with one attached hydrogen (secondary N) is 1. The molecule has 0 radical (unpaired) electrons. The van der Waals surface area contributed by atoms with Gasteiger partial charge in [0.15, 0.2) is 5.69 Å². The van der Waals surface area contributed by atoms with E-state index in [1.54, 1.807) is 37.4 Å². The van der Waals surface area contributed by atoms with Crippen molar-refractivity contribution < 1.29 is 14.5 Å². The van der Waals surface area contributed by atoms with Gasteiger partial charge in [-0.1, -0.05) is 31.2 Å². The van der Waals surface area contributed by atoms with E-state index in [4.69, 9.17) is 0 Å². The lowest BCUT2D eigenvalue weighted by molar-refractivity contribution is -0.384. The predicted octanol–water partition coefficient (Wildman–Crippen LogP) is 3.66. The number of carbonyl (C=O) groups excluding carboxylic acids is 2. The molecule has 1 N–H and O–H groups in total. The van der Waals surface area contributed by atoms with Gasteiger partial charge in [0, 0.05) is 30.6 Å². The maximum Gasteiger partial charge on any atom is 0.275 e. The number of carbonyl (C=O) groups is 2. The maximum atomic E-state index is 13.1. The van der Waals surface area contributed by atoms with Crippen molar-refractivity contribution in [1.29, 1.82) is 0 Å². The SMILES string of the molecule is CCCN(C(=O)c1ccn(-c2cccc([N+](=O)[O-])c2)n1)C(C)C(=O)Nc1ccccc1. The third-order valence-corrected chi connectivity index (χ3v) is 4.73. The van der Waals surface area contributed by atoms with Gasteiger partial charge >= 0.3 is 0 Å². The van der Waals surface area contributed by atoms with Gasteiger partial charge < -0.3 is 10.2 Å². The van der Waals surface area contributed by atoms with Crippen LogP contribution in [0.5, 0.6) is 0 Å². The van der Waals surface area contributed by atoms with Gasteiger partial charge in [0.1, 0.15) is 6.04 Å². The van der Waals surface area contributed by atoms with Crippen LogP contribution in [-0.2, 0) is 4.79 Å². The van der Waals surface area contributed by atoms with Crippen LogP contribution >= 0.6 is 0 Å². The highest BCUT2D eigenvalue weighted by atomic mass is 16.6. The Morgan fingerprint density at radius 1 is 1.16 bits per heavy atom. The number of non-ortho nitro benzene ring substituents is 1. The molecule has 2 amide bonds. The summed E-state index contributed by atoms with van der Waals surface area (Å²) in [4.78, 5) is 37.8. The number of nitro benzene ring substituents is 1. The lowest BCUT2D eigenvalue weighted by Gasteiger charge is -2.27. The van der Waals surface area contributed by atoms with Crippen molar-refractivity contribution in [2.24, 2.45) is 0 Å². The molecule has 160 valence electrons. The van der Waals surface area contributed by atoms with Crippen LogP contribution in [0, 0.1) is 10.1 Å². The molecule has 3 aromatic rings. The van der Waals surface area contributed by atoms with Crippen LogP contribution in [0.25, 0.3) is 5.69 Å². The van der Waals surface area contributed by atoms with E-state index in [2.05, 4.69) is 10.4 Å². The molecule has 1 heterocycles. The van der Waals surface area contributed by atoms with E-state index < -0.39 is 11.0 Å². The van der Waals surface area contributed by atoms with Gasteiger partial charge in [-0.25, -0.2) is 4.68 Å². The Labute approximate surface area is 179 Å². The zero-order valence-corrected chi connectivity index (χ0v) is 17.3. The molecule has 0 bridgehead atoms. The number of amides is 2. The molecule has 0 aliphatic rings. The van der Waals surface area contributed by atoms with E-state index in [-0.39, 0.29) is 23.2 Å². The second-order valence-corrected chi connectivity index (χ2v) is 6.95. The van der Waals surface area contributed by atoms with Crippen molar-refractivity contribution in [3.05, 3.63) is 82.7 Å². The van der Waals surface area contributed by atoms with Crippen molar-refractivity contribution in [3.63, 3.8) is 0 Å². The van der Waals surface area contributed by atoms with Crippen molar-refractivity contribution in [1.82, 2.24) is 14.7 Å². The molecule has 1 unspecified atom stereocenters. The van der Waals surface area contributed by atoms with Crippen molar-refractivity contribution in [2.75, 3.05) is 11.9 Å². The van der Waals surface area contributed by atoms with E-state index >= 15 is 0 Å². The molecule has 31 heavy (non-hydrogen) atoms. The average molecular weight is 421 g/mol. The zero-order valence-electron chi connectivity index (χ0n) is 17.3. The number of hydrogen-bond acceptors (Lipinski definition) is 5. The number of nitro groups is 1. The third-order valence-electron chi connectivity index (χ3n) is 4.73. The molecular weight excluding hydrogens is 398 g/mol. The minimum Gasteiger partial charge on any atom is -0.326 e. The third kappa shape index (κ3) is 5.13. The number of rotatable bonds is 8. The van der Waals surface area contributed by atoms with E-state index in [0.717, 1.165) is 0 Å². The minimum atomic E-state index is -0.712.